The number of aromatic nitrogens is 1. The Bertz CT molecular complexity index is 464. The third-order valence-electron chi connectivity index (χ3n) is 3.40. The molecule has 0 aromatic carbocycles. The van der Waals surface area contributed by atoms with Crippen LogP contribution in [0, 0.1) is 5.92 Å². The van der Waals surface area contributed by atoms with Crippen LogP contribution < -0.4 is 10.2 Å². The SMILES string of the molecule is CC(CCCC(C)C(=O)O)NC(=O)N(C)c1cccnc1. The van der Waals surface area contributed by atoms with Gasteiger partial charge in [-0.1, -0.05) is 13.3 Å². The molecule has 116 valence electrons. The van der Waals surface area contributed by atoms with Crippen LogP contribution in [-0.2, 0) is 4.79 Å². The Morgan fingerprint density at radius 3 is 2.67 bits per heavy atom. The molecule has 21 heavy (non-hydrogen) atoms. The van der Waals surface area contributed by atoms with Crippen molar-refractivity contribution in [1.82, 2.24) is 10.3 Å². The number of carboxylic acids is 1. The fourth-order valence-corrected chi connectivity index (χ4v) is 1.90. The van der Waals surface area contributed by atoms with Crippen molar-refractivity contribution in [3.05, 3.63) is 24.5 Å². The van der Waals surface area contributed by atoms with Crippen molar-refractivity contribution in [1.29, 1.82) is 0 Å². The molecule has 0 aliphatic carbocycles. The number of nitrogens with zero attached hydrogens (tertiary/aromatic N) is 2. The number of nitrogens with one attached hydrogen (secondary N) is 1. The maximum absolute atomic E-state index is 12.1. The first-order valence-electron chi connectivity index (χ1n) is 7.09. The quantitative estimate of drug-likeness (QED) is 0.809. The van der Waals surface area contributed by atoms with Crippen LogP contribution in [0.2, 0.25) is 0 Å². The molecule has 2 atom stereocenters. The van der Waals surface area contributed by atoms with Gasteiger partial charge in [0.2, 0.25) is 0 Å². The Morgan fingerprint density at radius 1 is 1.38 bits per heavy atom. The number of rotatable bonds is 7. The summed E-state index contributed by atoms with van der Waals surface area (Å²) in [6.07, 6.45) is 5.42. The molecular formula is C15H23N3O3. The van der Waals surface area contributed by atoms with Crippen molar-refractivity contribution in [2.75, 3.05) is 11.9 Å². The van der Waals surface area contributed by atoms with Crippen LogP contribution in [0.25, 0.3) is 0 Å². The number of anilines is 1. The topological polar surface area (TPSA) is 82.5 Å². The van der Waals surface area contributed by atoms with E-state index < -0.39 is 5.97 Å². The molecule has 0 aliphatic heterocycles. The van der Waals surface area contributed by atoms with Crippen LogP contribution >= 0.6 is 0 Å². The zero-order valence-electron chi connectivity index (χ0n) is 12.7. The number of aliphatic carboxylic acids is 1. The van der Waals surface area contributed by atoms with E-state index in [0.717, 1.165) is 18.5 Å². The molecule has 2 N–H and O–H groups in total. The largest absolute Gasteiger partial charge is 0.481 e. The highest BCUT2D eigenvalue weighted by atomic mass is 16.4. The number of carbonyl (C=O) groups excluding carboxylic acids is 1. The smallest absolute Gasteiger partial charge is 0.321 e. The van der Waals surface area contributed by atoms with Crippen molar-refractivity contribution in [2.24, 2.45) is 5.92 Å². The molecule has 0 saturated heterocycles. The van der Waals surface area contributed by atoms with E-state index in [-0.39, 0.29) is 18.0 Å². The van der Waals surface area contributed by atoms with E-state index in [4.69, 9.17) is 5.11 Å². The van der Waals surface area contributed by atoms with Gasteiger partial charge >= 0.3 is 12.0 Å². The molecule has 1 rings (SSSR count). The summed E-state index contributed by atoms with van der Waals surface area (Å²) in [5, 5.41) is 11.7. The van der Waals surface area contributed by atoms with Gasteiger partial charge in [-0.3, -0.25) is 14.7 Å². The lowest BCUT2D eigenvalue weighted by atomic mass is 10.0. The molecule has 6 heteroatoms. The third kappa shape index (κ3) is 5.81. The second-order valence-corrected chi connectivity index (χ2v) is 5.29. The summed E-state index contributed by atoms with van der Waals surface area (Å²) >= 11 is 0. The molecule has 0 aliphatic rings. The summed E-state index contributed by atoms with van der Waals surface area (Å²) in [6, 6.07) is 3.39. The number of carboxylic acid groups (broad SMARTS) is 1. The van der Waals surface area contributed by atoms with Gasteiger partial charge in [0.1, 0.15) is 0 Å². The monoisotopic (exact) mass is 293 g/mol. The van der Waals surface area contributed by atoms with Gasteiger partial charge in [-0.05, 0) is 31.9 Å². The van der Waals surface area contributed by atoms with Crippen LogP contribution in [0.4, 0.5) is 10.5 Å². The van der Waals surface area contributed by atoms with Gasteiger partial charge in [-0.15, -0.1) is 0 Å². The maximum Gasteiger partial charge on any atom is 0.321 e. The Labute approximate surface area is 125 Å². The molecule has 0 spiro atoms. The van der Waals surface area contributed by atoms with Crippen molar-refractivity contribution in [3.8, 4) is 0 Å². The average molecular weight is 293 g/mol. The second-order valence-electron chi connectivity index (χ2n) is 5.29. The minimum atomic E-state index is -0.775. The second kappa shape index (κ2) is 8.24. The van der Waals surface area contributed by atoms with Crippen molar-refractivity contribution in [3.63, 3.8) is 0 Å². The predicted molar refractivity (Wildman–Crippen MR) is 81.3 cm³/mol. The molecule has 1 aromatic heterocycles. The summed E-state index contributed by atoms with van der Waals surface area (Å²) in [7, 11) is 1.69. The Morgan fingerprint density at radius 2 is 2.10 bits per heavy atom. The summed E-state index contributed by atoms with van der Waals surface area (Å²) < 4.78 is 0. The van der Waals surface area contributed by atoms with E-state index in [1.165, 1.54) is 4.90 Å². The van der Waals surface area contributed by atoms with E-state index in [1.807, 2.05) is 13.0 Å². The number of hydrogen-bond acceptors (Lipinski definition) is 3. The first-order valence-corrected chi connectivity index (χ1v) is 7.09. The van der Waals surface area contributed by atoms with E-state index in [2.05, 4.69) is 10.3 Å². The number of hydrogen-bond donors (Lipinski definition) is 2. The van der Waals surface area contributed by atoms with Crippen LogP contribution in [0.15, 0.2) is 24.5 Å². The highest BCUT2D eigenvalue weighted by Crippen LogP contribution is 2.12. The van der Waals surface area contributed by atoms with E-state index >= 15 is 0 Å². The van der Waals surface area contributed by atoms with Crippen LogP contribution in [-0.4, -0.2) is 35.2 Å². The molecule has 0 bridgehead atoms. The maximum atomic E-state index is 12.1. The van der Waals surface area contributed by atoms with E-state index in [1.54, 1.807) is 32.4 Å². The molecule has 0 fully saturated rings. The lowest BCUT2D eigenvalue weighted by Gasteiger charge is -2.21. The number of carbonyl (C=O) groups is 2. The van der Waals surface area contributed by atoms with Gasteiger partial charge in [-0.2, -0.15) is 0 Å². The van der Waals surface area contributed by atoms with Gasteiger partial charge in [0, 0.05) is 19.3 Å². The van der Waals surface area contributed by atoms with E-state index in [9.17, 15) is 9.59 Å². The Hall–Kier alpha value is -2.11. The standard InChI is InChI=1S/C15H23N3O3/c1-11(14(19)20)6-4-7-12(2)17-15(21)18(3)13-8-5-9-16-10-13/h5,8-12H,4,6-7H2,1-3H3,(H,17,21)(H,19,20). The molecule has 1 heterocycles. The molecule has 2 unspecified atom stereocenters. The molecule has 0 radical (unpaired) electrons. The van der Waals surface area contributed by atoms with Crippen molar-refractivity contribution < 1.29 is 14.7 Å². The molecule has 1 aromatic rings. The fraction of sp³-hybridized carbons (Fsp3) is 0.533. The lowest BCUT2D eigenvalue weighted by molar-refractivity contribution is -0.141. The number of amides is 2. The normalized spacial score (nSPS) is 13.3. The fourth-order valence-electron chi connectivity index (χ4n) is 1.90. The zero-order chi connectivity index (χ0) is 15.8. The van der Waals surface area contributed by atoms with Gasteiger partial charge in [-0.25, -0.2) is 4.79 Å². The highest BCUT2D eigenvalue weighted by Gasteiger charge is 2.15. The van der Waals surface area contributed by atoms with Gasteiger partial charge in [0.25, 0.3) is 0 Å². The van der Waals surface area contributed by atoms with Crippen molar-refractivity contribution in [2.45, 2.75) is 39.2 Å². The van der Waals surface area contributed by atoms with Gasteiger partial charge in [0.05, 0.1) is 17.8 Å². The summed E-state index contributed by atoms with van der Waals surface area (Å²) in [4.78, 5) is 28.2. The molecule has 0 saturated carbocycles. The molecular weight excluding hydrogens is 270 g/mol. The summed E-state index contributed by atoms with van der Waals surface area (Å²) in [5.41, 5.74) is 0.724. The lowest BCUT2D eigenvalue weighted by Crippen LogP contribution is -2.42. The number of urea groups is 1. The first-order chi connectivity index (χ1) is 9.91. The predicted octanol–water partition coefficient (Wildman–Crippen LogP) is 2.51. The Balaban J connectivity index is 2.35. The summed E-state index contributed by atoms with van der Waals surface area (Å²) in [5.74, 6) is -1.12. The average Bonchev–Trinajstić information content (AvgIpc) is 2.46. The van der Waals surface area contributed by atoms with Gasteiger partial charge in [0.15, 0.2) is 0 Å². The number of pyridine rings is 1. The van der Waals surface area contributed by atoms with E-state index in [0.29, 0.717) is 6.42 Å². The van der Waals surface area contributed by atoms with Crippen LogP contribution in [0.3, 0.4) is 0 Å². The third-order valence-corrected chi connectivity index (χ3v) is 3.40. The molecule has 6 nitrogen and oxygen atoms in total. The Kier molecular flexibility index (Phi) is 6.65. The first kappa shape index (κ1) is 16.9. The zero-order valence-corrected chi connectivity index (χ0v) is 12.7. The minimum Gasteiger partial charge on any atom is -0.481 e. The highest BCUT2D eigenvalue weighted by molar-refractivity contribution is 5.91. The van der Waals surface area contributed by atoms with Crippen LogP contribution in [0.1, 0.15) is 33.1 Å². The molecule has 2 amide bonds. The summed E-state index contributed by atoms with van der Waals surface area (Å²) in [6.45, 7) is 3.61. The van der Waals surface area contributed by atoms with Crippen LogP contribution in [0.5, 0.6) is 0 Å². The minimum absolute atomic E-state index is 0.00221. The van der Waals surface area contributed by atoms with Gasteiger partial charge < -0.3 is 10.4 Å². The van der Waals surface area contributed by atoms with Crippen molar-refractivity contribution >= 4 is 17.7 Å².